The van der Waals surface area contributed by atoms with Crippen LogP contribution < -0.4 is 5.32 Å². The van der Waals surface area contributed by atoms with E-state index in [1.807, 2.05) is 19.2 Å². The zero-order valence-corrected chi connectivity index (χ0v) is 13.8. The standard InChI is InChI=1S/C17H28FNS/c1-4-6-9-14(5-2)12-15(19-3)13-20-17-11-8-7-10-16(17)18/h7-8,10-11,14-15,19H,4-6,9,12-13H2,1-3H3. The number of hydrogen-bond acceptors (Lipinski definition) is 2. The third kappa shape index (κ3) is 6.27. The molecule has 0 saturated carbocycles. The maximum atomic E-state index is 13.6. The van der Waals surface area contributed by atoms with Crippen LogP contribution >= 0.6 is 11.8 Å². The predicted octanol–water partition coefficient (Wildman–Crippen LogP) is 5.11. The highest BCUT2D eigenvalue weighted by molar-refractivity contribution is 7.99. The number of benzene rings is 1. The summed E-state index contributed by atoms with van der Waals surface area (Å²) in [5.41, 5.74) is 0. The van der Waals surface area contributed by atoms with Gasteiger partial charge in [-0.05, 0) is 31.5 Å². The summed E-state index contributed by atoms with van der Waals surface area (Å²) in [6.45, 7) is 4.52. The lowest BCUT2D eigenvalue weighted by atomic mass is 9.93. The molecule has 0 aliphatic heterocycles. The maximum absolute atomic E-state index is 13.6. The lowest BCUT2D eigenvalue weighted by Gasteiger charge is -2.22. The molecule has 0 aromatic heterocycles. The van der Waals surface area contributed by atoms with Crippen molar-refractivity contribution in [1.29, 1.82) is 0 Å². The molecule has 3 heteroatoms. The van der Waals surface area contributed by atoms with Gasteiger partial charge in [-0.25, -0.2) is 4.39 Å². The highest BCUT2D eigenvalue weighted by Gasteiger charge is 2.14. The molecule has 20 heavy (non-hydrogen) atoms. The van der Waals surface area contributed by atoms with E-state index in [0.29, 0.717) is 6.04 Å². The molecule has 1 aromatic carbocycles. The fraction of sp³-hybridized carbons (Fsp3) is 0.647. The van der Waals surface area contributed by atoms with Crippen LogP contribution in [0.2, 0.25) is 0 Å². The first-order chi connectivity index (χ1) is 9.71. The highest BCUT2D eigenvalue weighted by Crippen LogP contribution is 2.25. The van der Waals surface area contributed by atoms with Crippen molar-refractivity contribution in [3.05, 3.63) is 30.1 Å². The van der Waals surface area contributed by atoms with Crippen LogP contribution in [0.15, 0.2) is 29.2 Å². The quantitative estimate of drug-likeness (QED) is 0.602. The summed E-state index contributed by atoms with van der Waals surface area (Å²) in [6, 6.07) is 7.50. The Morgan fingerprint density at radius 3 is 2.60 bits per heavy atom. The van der Waals surface area contributed by atoms with E-state index in [0.717, 1.165) is 16.6 Å². The Kier molecular flexibility index (Phi) is 8.95. The van der Waals surface area contributed by atoms with Gasteiger partial charge in [-0.15, -0.1) is 11.8 Å². The second-order valence-electron chi connectivity index (χ2n) is 5.38. The number of unbranched alkanes of at least 4 members (excludes halogenated alkanes) is 1. The molecule has 1 nitrogen and oxygen atoms in total. The normalized spacial score (nSPS) is 14.2. The lowest BCUT2D eigenvalue weighted by molar-refractivity contribution is 0.375. The molecule has 1 rings (SSSR count). The molecule has 0 spiro atoms. The predicted molar refractivity (Wildman–Crippen MR) is 87.9 cm³/mol. The second kappa shape index (κ2) is 10.2. The van der Waals surface area contributed by atoms with E-state index in [2.05, 4.69) is 19.2 Å². The molecule has 114 valence electrons. The molecule has 0 amide bonds. The molecule has 0 bridgehead atoms. The van der Waals surface area contributed by atoms with Crippen LogP contribution in [0.25, 0.3) is 0 Å². The van der Waals surface area contributed by atoms with Crippen molar-refractivity contribution >= 4 is 11.8 Å². The minimum Gasteiger partial charge on any atom is -0.316 e. The van der Waals surface area contributed by atoms with Gasteiger partial charge in [0.2, 0.25) is 0 Å². The van der Waals surface area contributed by atoms with Crippen LogP contribution in [0, 0.1) is 11.7 Å². The first-order valence-corrected chi connectivity index (χ1v) is 8.74. The smallest absolute Gasteiger partial charge is 0.136 e. The van der Waals surface area contributed by atoms with Crippen LogP contribution in [0.5, 0.6) is 0 Å². The van der Waals surface area contributed by atoms with Crippen molar-refractivity contribution in [2.45, 2.75) is 56.9 Å². The van der Waals surface area contributed by atoms with E-state index in [1.54, 1.807) is 17.8 Å². The first-order valence-electron chi connectivity index (χ1n) is 7.75. The van der Waals surface area contributed by atoms with Gasteiger partial charge in [-0.1, -0.05) is 51.7 Å². The summed E-state index contributed by atoms with van der Waals surface area (Å²) >= 11 is 1.62. The van der Waals surface area contributed by atoms with Crippen molar-refractivity contribution in [2.75, 3.05) is 12.8 Å². The molecule has 1 aromatic rings. The van der Waals surface area contributed by atoms with Crippen molar-refractivity contribution in [3.8, 4) is 0 Å². The number of halogens is 1. The molecule has 0 aliphatic rings. The Balaban J connectivity index is 2.44. The van der Waals surface area contributed by atoms with Crippen LogP contribution in [0.1, 0.15) is 46.0 Å². The summed E-state index contributed by atoms with van der Waals surface area (Å²) < 4.78 is 13.6. The third-order valence-electron chi connectivity index (χ3n) is 3.85. The molecular weight excluding hydrogens is 269 g/mol. The molecule has 0 radical (unpaired) electrons. The van der Waals surface area contributed by atoms with Crippen LogP contribution in [-0.4, -0.2) is 18.8 Å². The first kappa shape index (κ1) is 17.5. The number of hydrogen-bond donors (Lipinski definition) is 1. The Hall–Kier alpha value is -0.540. The van der Waals surface area contributed by atoms with E-state index < -0.39 is 0 Å². The van der Waals surface area contributed by atoms with E-state index in [4.69, 9.17) is 0 Å². The molecule has 2 atom stereocenters. The number of thioether (sulfide) groups is 1. The van der Waals surface area contributed by atoms with Gasteiger partial charge in [0.05, 0.1) is 0 Å². The fourth-order valence-corrected chi connectivity index (χ4v) is 3.47. The van der Waals surface area contributed by atoms with Crippen LogP contribution in [0.3, 0.4) is 0 Å². The van der Waals surface area contributed by atoms with Gasteiger partial charge in [0.25, 0.3) is 0 Å². The van der Waals surface area contributed by atoms with Gasteiger partial charge < -0.3 is 5.32 Å². The number of nitrogens with one attached hydrogen (secondary N) is 1. The molecule has 0 heterocycles. The summed E-state index contributed by atoms with van der Waals surface area (Å²) in [6.07, 6.45) is 6.33. The monoisotopic (exact) mass is 297 g/mol. The number of rotatable bonds is 10. The van der Waals surface area contributed by atoms with Crippen LogP contribution in [-0.2, 0) is 0 Å². The summed E-state index contributed by atoms with van der Waals surface area (Å²) in [4.78, 5) is 0.759. The van der Waals surface area contributed by atoms with Crippen molar-refractivity contribution < 1.29 is 4.39 Å². The summed E-state index contributed by atoms with van der Waals surface area (Å²) in [7, 11) is 2.01. The van der Waals surface area contributed by atoms with E-state index in [-0.39, 0.29) is 5.82 Å². The van der Waals surface area contributed by atoms with Gasteiger partial charge in [-0.2, -0.15) is 0 Å². The molecule has 0 aliphatic carbocycles. The van der Waals surface area contributed by atoms with Crippen molar-refractivity contribution in [1.82, 2.24) is 5.32 Å². The molecule has 1 N–H and O–H groups in total. The van der Waals surface area contributed by atoms with Crippen molar-refractivity contribution in [2.24, 2.45) is 5.92 Å². The fourth-order valence-electron chi connectivity index (χ4n) is 2.41. The van der Waals surface area contributed by atoms with Gasteiger partial charge in [0, 0.05) is 16.7 Å². The SMILES string of the molecule is CCCCC(CC)CC(CSc1ccccc1F)NC. The molecule has 0 saturated heterocycles. The largest absolute Gasteiger partial charge is 0.316 e. The topological polar surface area (TPSA) is 12.0 Å². The van der Waals surface area contributed by atoms with Crippen molar-refractivity contribution in [3.63, 3.8) is 0 Å². The van der Waals surface area contributed by atoms with Gasteiger partial charge in [0.15, 0.2) is 0 Å². The summed E-state index contributed by atoms with van der Waals surface area (Å²) in [5, 5.41) is 3.39. The lowest BCUT2D eigenvalue weighted by Crippen LogP contribution is -2.30. The zero-order chi connectivity index (χ0) is 14.8. The molecule has 0 fully saturated rings. The average molecular weight is 297 g/mol. The Bertz CT molecular complexity index is 370. The minimum absolute atomic E-state index is 0.106. The molecular formula is C17H28FNS. The summed E-state index contributed by atoms with van der Waals surface area (Å²) in [5.74, 6) is 1.61. The van der Waals surface area contributed by atoms with Gasteiger partial charge in [-0.3, -0.25) is 0 Å². The van der Waals surface area contributed by atoms with E-state index in [1.165, 1.54) is 38.2 Å². The average Bonchev–Trinajstić information content (AvgIpc) is 2.48. The van der Waals surface area contributed by atoms with E-state index in [9.17, 15) is 4.39 Å². The zero-order valence-electron chi connectivity index (χ0n) is 13.0. The van der Waals surface area contributed by atoms with Gasteiger partial charge in [0.1, 0.15) is 5.82 Å². The highest BCUT2D eigenvalue weighted by atomic mass is 32.2. The Morgan fingerprint density at radius 1 is 1.25 bits per heavy atom. The third-order valence-corrected chi connectivity index (χ3v) is 5.06. The Morgan fingerprint density at radius 2 is 2.00 bits per heavy atom. The Labute approximate surface area is 127 Å². The van der Waals surface area contributed by atoms with E-state index >= 15 is 0 Å². The minimum atomic E-state index is -0.106. The van der Waals surface area contributed by atoms with Crippen LogP contribution in [0.4, 0.5) is 4.39 Å². The maximum Gasteiger partial charge on any atom is 0.136 e. The van der Waals surface area contributed by atoms with Gasteiger partial charge >= 0.3 is 0 Å². The second-order valence-corrected chi connectivity index (χ2v) is 6.44. The molecule has 2 unspecified atom stereocenters.